The van der Waals surface area contributed by atoms with Gasteiger partial charge < -0.3 is 0 Å². The van der Waals surface area contributed by atoms with Crippen molar-refractivity contribution in [1.82, 2.24) is 0 Å². The maximum Gasteiger partial charge on any atom is 0.201 e. The van der Waals surface area contributed by atoms with Gasteiger partial charge in [-0.1, -0.05) is 6.92 Å². The lowest BCUT2D eigenvalue weighted by atomic mass is 10.3. The summed E-state index contributed by atoms with van der Waals surface area (Å²) in [6.07, 6.45) is 0. The zero-order valence-electron chi connectivity index (χ0n) is 3.95. The van der Waals surface area contributed by atoms with Gasteiger partial charge in [-0.05, 0) is 15.9 Å². The Morgan fingerprint density at radius 2 is 2.43 bits per heavy atom. The van der Waals surface area contributed by atoms with Gasteiger partial charge in [0, 0.05) is 11.8 Å². The molecule has 0 aromatic rings. The normalized spacial score (nSPS) is 13.6. The molecule has 0 bridgehead atoms. The lowest BCUT2D eigenvalue weighted by Gasteiger charge is -1.94. The molecule has 1 nitrogen and oxygen atoms in total. The quantitative estimate of drug-likeness (QED) is 0.473. The molecule has 0 heterocycles. The van der Waals surface area contributed by atoms with Crippen molar-refractivity contribution in [2.24, 2.45) is 5.92 Å². The number of carbonyl (C=O) groups excluding carboxylic acids is 1. The molecule has 0 aromatic carbocycles. The minimum absolute atomic E-state index is 0.0255. The first-order valence-corrected chi connectivity index (χ1v) is 3.26. The topological polar surface area (TPSA) is 17.1 Å². The molecule has 42 valence electrons. The molecule has 1 unspecified atom stereocenters. The van der Waals surface area contributed by atoms with Gasteiger partial charge in [-0.15, -0.1) is 11.6 Å². The minimum atomic E-state index is -0.0540. The second-order valence-electron chi connectivity index (χ2n) is 1.36. The van der Waals surface area contributed by atoms with E-state index >= 15 is 0 Å². The van der Waals surface area contributed by atoms with Gasteiger partial charge in [0.25, 0.3) is 0 Å². The Labute approximate surface area is 56.2 Å². The first-order chi connectivity index (χ1) is 3.18. The van der Waals surface area contributed by atoms with Crippen LogP contribution in [0.25, 0.3) is 0 Å². The standard InChI is InChI=1S/C4H6BrClO/c1-3(2-6)4(5)7/h3H,2H2,1H3. The van der Waals surface area contributed by atoms with Gasteiger partial charge in [0.2, 0.25) is 4.69 Å². The van der Waals surface area contributed by atoms with Crippen LogP contribution in [-0.2, 0) is 4.79 Å². The summed E-state index contributed by atoms with van der Waals surface area (Å²) < 4.78 is -0.0255. The molecule has 0 aliphatic rings. The van der Waals surface area contributed by atoms with E-state index in [9.17, 15) is 4.79 Å². The highest BCUT2D eigenvalue weighted by atomic mass is 79.9. The van der Waals surface area contributed by atoms with Crippen LogP contribution >= 0.6 is 27.5 Å². The summed E-state index contributed by atoms with van der Waals surface area (Å²) in [5, 5.41) is 0. The summed E-state index contributed by atoms with van der Waals surface area (Å²) in [6, 6.07) is 0. The Morgan fingerprint density at radius 3 is 2.43 bits per heavy atom. The van der Waals surface area contributed by atoms with Crippen LogP contribution in [0.1, 0.15) is 6.92 Å². The van der Waals surface area contributed by atoms with Crippen LogP contribution in [-0.4, -0.2) is 10.6 Å². The molecule has 0 saturated heterocycles. The molecule has 0 amide bonds. The van der Waals surface area contributed by atoms with Crippen LogP contribution < -0.4 is 0 Å². The van der Waals surface area contributed by atoms with E-state index in [2.05, 4.69) is 15.9 Å². The molecule has 1 atom stereocenters. The third-order valence-corrected chi connectivity index (χ3v) is 1.86. The second kappa shape index (κ2) is 3.44. The van der Waals surface area contributed by atoms with Crippen molar-refractivity contribution in [3.8, 4) is 0 Å². The zero-order valence-corrected chi connectivity index (χ0v) is 6.29. The fourth-order valence-electron chi connectivity index (χ4n) is 0.0607. The Hall–Kier alpha value is 0.440. The van der Waals surface area contributed by atoms with Gasteiger partial charge in [0.05, 0.1) is 0 Å². The Morgan fingerprint density at radius 1 is 2.00 bits per heavy atom. The van der Waals surface area contributed by atoms with Crippen molar-refractivity contribution in [1.29, 1.82) is 0 Å². The molecule has 0 rings (SSSR count). The maximum absolute atomic E-state index is 10.2. The summed E-state index contributed by atoms with van der Waals surface area (Å²) in [6.45, 7) is 1.77. The molecular formula is C4H6BrClO. The zero-order chi connectivity index (χ0) is 5.86. The number of hydrogen-bond donors (Lipinski definition) is 0. The number of carbonyl (C=O) groups is 1. The average molecular weight is 185 g/mol. The van der Waals surface area contributed by atoms with Crippen LogP contribution in [0.15, 0.2) is 0 Å². The fourth-order valence-corrected chi connectivity index (χ4v) is 0.549. The molecule has 0 N–H and O–H groups in total. The van der Waals surface area contributed by atoms with Crippen LogP contribution in [0.5, 0.6) is 0 Å². The molecule has 0 saturated carbocycles. The predicted molar refractivity (Wildman–Crippen MR) is 33.8 cm³/mol. The van der Waals surface area contributed by atoms with E-state index in [1.54, 1.807) is 6.92 Å². The van der Waals surface area contributed by atoms with Crippen molar-refractivity contribution in [3.63, 3.8) is 0 Å². The van der Waals surface area contributed by atoms with E-state index in [0.717, 1.165) is 0 Å². The molecule has 0 fully saturated rings. The van der Waals surface area contributed by atoms with E-state index in [-0.39, 0.29) is 10.6 Å². The van der Waals surface area contributed by atoms with Crippen LogP contribution in [0.3, 0.4) is 0 Å². The van der Waals surface area contributed by atoms with E-state index in [0.29, 0.717) is 5.88 Å². The van der Waals surface area contributed by atoms with Crippen molar-refractivity contribution >= 4 is 32.2 Å². The molecule has 0 aliphatic heterocycles. The highest BCUT2D eigenvalue weighted by Crippen LogP contribution is 2.03. The number of rotatable bonds is 2. The molecule has 0 spiro atoms. The number of hydrogen-bond acceptors (Lipinski definition) is 1. The monoisotopic (exact) mass is 184 g/mol. The smallest absolute Gasteiger partial charge is 0.201 e. The van der Waals surface area contributed by atoms with Crippen molar-refractivity contribution < 1.29 is 4.79 Å². The van der Waals surface area contributed by atoms with Gasteiger partial charge in [-0.25, -0.2) is 0 Å². The first kappa shape index (κ1) is 7.44. The molecule has 0 aliphatic carbocycles. The number of alkyl halides is 1. The summed E-state index contributed by atoms with van der Waals surface area (Å²) in [5.74, 6) is 0.339. The molecule has 0 aromatic heterocycles. The highest BCUT2D eigenvalue weighted by Gasteiger charge is 2.04. The summed E-state index contributed by atoms with van der Waals surface area (Å²) in [5.41, 5.74) is 0. The van der Waals surface area contributed by atoms with Crippen molar-refractivity contribution in [2.45, 2.75) is 6.92 Å². The van der Waals surface area contributed by atoms with Crippen LogP contribution in [0.4, 0.5) is 0 Å². The summed E-state index contributed by atoms with van der Waals surface area (Å²) >= 11 is 8.07. The fraction of sp³-hybridized carbons (Fsp3) is 0.750. The third kappa shape index (κ3) is 3.06. The number of halogens is 2. The van der Waals surface area contributed by atoms with Gasteiger partial charge in [-0.2, -0.15) is 0 Å². The second-order valence-corrected chi connectivity index (χ2v) is 2.45. The van der Waals surface area contributed by atoms with E-state index in [1.807, 2.05) is 0 Å². The van der Waals surface area contributed by atoms with Gasteiger partial charge in [0.1, 0.15) is 0 Å². The highest BCUT2D eigenvalue weighted by molar-refractivity contribution is 9.18. The predicted octanol–water partition coefficient (Wildman–Crippen LogP) is 1.78. The molecule has 3 heteroatoms. The maximum atomic E-state index is 10.2. The molecular weight excluding hydrogens is 179 g/mol. The Bertz CT molecular complexity index is 74.1. The summed E-state index contributed by atoms with van der Waals surface area (Å²) in [7, 11) is 0. The summed E-state index contributed by atoms with van der Waals surface area (Å²) in [4.78, 5) is 10.2. The Kier molecular flexibility index (Phi) is 3.66. The van der Waals surface area contributed by atoms with Crippen LogP contribution in [0, 0.1) is 5.92 Å². The molecule has 0 radical (unpaired) electrons. The largest absolute Gasteiger partial charge is 0.286 e. The van der Waals surface area contributed by atoms with Crippen molar-refractivity contribution in [3.05, 3.63) is 0 Å². The van der Waals surface area contributed by atoms with E-state index in [4.69, 9.17) is 11.6 Å². The van der Waals surface area contributed by atoms with E-state index < -0.39 is 0 Å². The Balaban J connectivity index is 3.34. The van der Waals surface area contributed by atoms with Gasteiger partial charge in [0.15, 0.2) is 0 Å². The minimum Gasteiger partial charge on any atom is -0.286 e. The van der Waals surface area contributed by atoms with E-state index in [1.165, 1.54) is 0 Å². The average Bonchev–Trinajstić information content (AvgIpc) is 1.65. The molecule has 7 heavy (non-hydrogen) atoms. The SMILES string of the molecule is CC(CCl)C(=O)Br. The van der Waals surface area contributed by atoms with Gasteiger partial charge >= 0.3 is 0 Å². The lowest BCUT2D eigenvalue weighted by Crippen LogP contribution is -2.03. The lowest BCUT2D eigenvalue weighted by molar-refractivity contribution is -0.112. The van der Waals surface area contributed by atoms with Crippen molar-refractivity contribution in [2.75, 3.05) is 5.88 Å². The van der Waals surface area contributed by atoms with Crippen LogP contribution in [0.2, 0.25) is 0 Å². The first-order valence-electron chi connectivity index (χ1n) is 1.93. The third-order valence-electron chi connectivity index (χ3n) is 0.619. The van der Waals surface area contributed by atoms with Gasteiger partial charge in [-0.3, -0.25) is 4.79 Å².